The van der Waals surface area contributed by atoms with Gasteiger partial charge in [-0.3, -0.25) is 0 Å². The van der Waals surface area contributed by atoms with E-state index in [2.05, 4.69) is 4.18 Å². The van der Waals surface area contributed by atoms with Gasteiger partial charge in [-0.15, -0.1) is 0 Å². The Kier molecular flexibility index (Phi) is 6.47. The molecule has 6 nitrogen and oxygen atoms in total. The minimum Gasteiger partial charge on any atom is -0.380 e. The summed E-state index contributed by atoms with van der Waals surface area (Å²) in [4.78, 5) is 0.0585. The first kappa shape index (κ1) is 26.8. The Morgan fingerprint density at radius 1 is 0.821 bits per heavy atom. The van der Waals surface area contributed by atoms with E-state index in [-0.39, 0.29) is 11.3 Å². The molecule has 0 radical (unpaired) electrons. The molecule has 3 aromatic carbocycles. The number of aromatic nitrogens is 1. The zero-order valence-corrected chi connectivity index (χ0v) is 22.1. The Morgan fingerprint density at radius 3 is 2.05 bits per heavy atom. The van der Waals surface area contributed by atoms with Crippen molar-refractivity contribution in [3.8, 4) is 0 Å². The summed E-state index contributed by atoms with van der Waals surface area (Å²) < 4.78 is 96.8. The van der Waals surface area contributed by atoms with Gasteiger partial charge < -0.3 is 4.18 Å². The van der Waals surface area contributed by atoms with Crippen molar-refractivity contribution in [3.63, 3.8) is 0 Å². The highest BCUT2D eigenvalue weighted by Gasteiger charge is 2.52. The highest BCUT2D eigenvalue weighted by molar-refractivity contribution is 7.90. The lowest BCUT2D eigenvalue weighted by atomic mass is 9.75. The number of hydrogen-bond donors (Lipinski definition) is 0. The standard InChI is InChI=1S/C28H22F3NO5S2/c1-27(18-20-10-4-2-5-11-20)24(16-17-26(27)37-39(35,36)28(29,30)31)23-19-32(25-15-9-8-14-22(23)25)38(33,34)21-12-6-3-7-13-21/h2-17,19H,18H2,1H3/t27-/m0/s1. The van der Waals surface area contributed by atoms with Crippen LogP contribution in [0.3, 0.4) is 0 Å². The first-order chi connectivity index (χ1) is 18.3. The fraction of sp³-hybridized carbons (Fsp3) is 0.143. The molecule has 0 bridgehead atoms. The Hall–Kier alpha value is -3.83. The van der Waals surface area contributed by atoms with Crippen molar-refractivity contribution in [2.75, 3.05) is 0 Å². The summed E-state index contributed by atoms with van der Waals surface area (Å²) in [7, 11) is -9.98. The molecule has 5 rings (SSSR count). The van der Waals surface area contributed by atoms with Crippen molar-refractivity contribution < 1.29 is 34.2 Å². The largest absolute Gasteiger partial charge is 0.534 e. The van der Waals surface area contributed by atoms with Gasteiger partial charge in [0, 0.05) is 17.1 Å². The molecule has 0 saturated carbocycles. The van der Waals surface area contributed by atoms with Crippen molar-refractivity contribution in [3.05, 3.63) is 120 Å². The van der Waals surface area contributed by atoms with Gasteiger partial charge >= 0.3 is 15.6 Å². The number of para-hydroxylation sites is 1. The molecule has 11 heteroatoms. The van der Waals surface area contributed by atoms with Gasteiger partial charge in [0.25, 0.3) is 10.0 Å². The van der Waals surface area contributed by atoms with Crippen LogP contribution in [0.1, 0.15) is 18.1 Å². The van der Waals surface area contributed by atoms with Crippen molar-refractivity contribution in [2.45, 2.75) is 23.7 Å². The molecule has 0 saturated heterocycles. The lowest BCUT2D eigenvalue weighted by molar-refractivity contribution is -0.0528. The topological polar surface area (TPSA) is 82.4 Å². The number of benzene rings is 3. The second-order valence-electron chi connectivity index (χ2n) is 9.26. The van der Waals surface area contributed by atoms with Gasteiger partial charge in [0.2, 0.25) is 0 Å². The van der Waals surface area contributed by atoms with Crippen LogP contribution < -0.4 is 0 Å². The fourth-order valence-electron chi connectivity index (χ4n) is 4.79. The summed E-state index contributed by atoms with van der Waals surface area (Å²) in [6.07, 6.45) is 4.17. The summed E-state index contributed by atoms with van der Waals surface area (Å²) >= 11 is 0. The molecular formula is C28H22F3NO5S2. The molecule has 1 heterocycles. The van der Waals surface area contributed by atoms with Gasteiger partial charge in [0.1, 0.15) is 5.76 Å². The smallest absolute Gasteiger partial charge is 0.380 e. The second-order valence-corrected chi connectivity index (χ2v) is 12.6. The molecule has 0 spiro atoms. The van der Waals surface area contributed by atoms with E-state index in [4.69, 9.17) is 0 Å². The molecule has 1 atom stereocenters. The molecule has 0 N–H and O–H groups in total. The lowest BCUT2D eigenvalue weighted by Crippen LogP contribution is -2.30. The SMILES string of the molecule is C[C@@]1(Cc2ccccc2)C(OS(=O)(=O)C(F)(F)F)=CC=C1c1cn(S(=O)(=O)c2ccccc2)c2ccccc12. The molecule has 39 heavy (non-hydrogen) atoms. The summed E-state index contributed by atoms with van der Waals surface area (Å²) in [5.74, 6) is -0.415. The van der Waals surface area contributed by atoms with E-state index < -0.39 is 36.8 Å². The maximum Gasteiger partial charge on any atom is 0.534 e. The number of halogens is 3. The molecule has 1 aromatic heterocycles. The van der Waals surface area contributed by atoms with Gasteiger partial charge in [-0.05, 0) is 48.8 Å². The number of rotatable bonds is 7. The van der Waals surface area contributed by atoms with Crippen molar-refractivity contribution in [1.29, 1.82) is 0 Å². The van der Waals surface area contributed by atoms with Crippen LogP contribution in [0, 0.1) is 5.41 Å². The van der Waals surface area contributed by atoms with E-state index in [9.17, 15) is 30.0 Å². The van der Waals surface area contributed by atoms with Gasteiger partial charge in [0.05, 0.1) is 15.8 Å². The van der Waals surface area contributed by atoms with Crippen molar-refractivity contribution in [2.24, 2.45) is 5.41 Å². The molecule has 4 aromatic rings. The normalized spacial score (nSPS) is 18.2. The summed E-state index contributed by atoms with van der Waals surface area (Å²) in [5, 5.41) is 0.524. The molecule has 0 unspecified atom stereocenters. The minimum absolute atomic E-state index is 0.0585. The molecule has 0 fully saturated rings. The van der Waals surface area contributed by atoms with Crippen LogP contribution >= 0.6 is 0 Å². The molecular weight excluding hydrogens is 551 g/mol. The Bertz CT molecular complexity index is 1830. The Morgan fingerprint density at radius 2 is 1.41 bits per heavy atom. The monoisotopic (exact) mass is 573 g/mol. The van der Waals surface area contributed by atoms with Crippen LogP contribution in [0.4, 0.5) is 13.2 Å². The zero-order chi connectivity index (χ0) is 28.1. The van der Waals surface area contributed by atoms with E-state index in [0.717, 1.165) is 3.97 Å². The van der Waals surface area contributed by atoms with E-state index in [1.807, 2.05) is 0 Å². The van der Waals surface area contributed by atoms with Crippen molar-refractivity contribution in [1.82, 2.24) is 3.97 Å². The zero-order valence-electron chi connectivity index (χ0n) is 20.5. The number of fused-ring (bicyclic) bond motifs is 1. The third-order valence-corrected chi connectivity index (χ3v) is 9.35. The van der Waals surface area contributed by atoms with Gasteiger partial charge in [-0.2, -0.15) is 21.6 Å². The van der Waals surface area contributed by atoms with E-state index >= 15 is 0 Å². The summed E-state index contributed by atoms with van der Waals surface area (Å²) in [6, 6.07) is 23.4. The molecule has 0 amide bonds. The second kappa shape index (κ2) is 9.42. The molecule has 1 aliphatic carbocycles. The third kappa shape index (κ3) is 4.65. The first-order valence-corrected chi connectivity index (χ1v) is 14.6. The summed E-state index contributed by atoms with van der Waals surface area (Å²) in [6.45, 7) is 1.58. The third-order valence-electron chi connectivity index (χ3n) is 6.69. The highest BCUT2D eigenvalue weighted by atomic mass is 32.2. The number of allylic oxidation sites excluding steroid dienone is 3. The number of hydrogen-bond acceptors (Lipinski definition) is 5. The fourth-order valence-corrected chi connectivity index (χ4v) is 6.75. The number of nitrogens with zero attached hydrogens (tertiary/aromatic N) is 1. The van der Waals surface area contributed by atoms with Crippen LogP contribution in [-0.4, -0.2) is 26.3 Å². The maximum atomic E-state index is 13.6. The van der Waals surface area contributed by atoms with Crippen LogP contribution in [0.2, 0.25) is 0 Å². The summed E-state index contributed by atoms with van der Waals surface area (Å²) in [5.41, 5.74) is -5.10. The van der Waals surface area contributed by atoms with E-state index in [1.54, 1.807) is 79.7 Å². The predicted molar refractivity (Wildman–Crippen MR) is 141 cm³/mol. The van der Waals surface area contributed by atoms with E-state index in [0.29, 0.717) is 27.6 Å². The Labute approximate surface area is 223 Å². The predicted octanol–water partition coefficient (Wildman–Crippen LogP) is 6.27. The van der Waals surface area contributed by atoms with Crippen molar-refractivity contribution >= 4 is 36.6 Å². The van der Waals surface area contributed by atoms with Crippen LogP contribution in [0.25, 0.3) is 16.5 Å². The van der Waals surface area contributed by atoms with Crippen LogP contribution in [0.15, 0.2) is 114 Å². The Balaban J connectivity index is 1.67. The van der Waals surface area contributed by atoms with Gasteiger partial charge in [-0.1, -0.05) is 72.8 Å². The highest BCUT2D eigenvalue weighted by Crippen LogP contribution is 2.51. The van der Waals surface area contributed by atoms with Crippen LogP contribution in [-0.2, 0) is 30.7 Å². The average molecular weight is 574 g/mol. The molecule has 1 aliphatic rings. The lowest BCUT2D eigenvalue weighted by Gasteiger charge is -2.31. The maximum absolute atomic E-state index is 13.6. The van der Waals surface area contributed by atoms with E-state index in [1.165, 1.54) is 30.5 Å². The minimum atomic E-state index is -5.95. The average Bonchev–Trinajstić information content (AvgIpc) is 3.42. The molecule has 202 valence electrons. The quantitative estimate of drug-likeness (QED) is 0.192. The van der Waals surface area contributed by atoms with Gasteiger partial charge in [0.15, 0.2) is 0 Å². The van der Waals surface area contributed by atoms with Gasteiger partial charge in [-0.25, -0.2) is 12.4 Å². The number of alkyl halides is 3. The molecule has 0 aliphatic heterocycles. The van der Waals surface area contributed by atoms with Crippen LogP contribution in [0.5, 0.6) is 0 Å². The first-order valence-electron chi connectivity index (χ1n) is 11.7.